The van der Waals surface area contributed by atoms with Crippen LogP contribution < -0.4 is 4.72 Å². The van der Waals surface area contributed by atoms with Gasteiger partial charge in [0.1, 0.15) is 0 Å². The number of anilines is 1. The second-order valence-electron chi connectivity index (χ2n) is 4.59. The number of benzene rings is 2. The van der Waals surface area contributed by atoms with E-state index in [1.54, 1.807) is 12.1 Å². The third-order valence-electron chi connectivity index (χ3n) is 3.01. The number of halogens is 1. The zero-order chi connectivity index (χ0) is 16.3. The summed E-state index contributed by atoms with van der Waals surface area (Å²) >= 11 is 5.97. The molecule has 2 aromatic carbocycles. The molecule has 0 unspecified atom stereocenters. The lowest BCUT2D eigenvalue weighted by atomic mass is 10.2. The molecule has 22 heavy (non-hydrogen) atoms. The van der Waals surface area contributed by atoms with Gasteiger partial charge in [-0.05, 0) is 48.9 Å². The Morgan fingerprint density at radius 3 is 2.32 bits per heavy atom. The average molecular weight is 340 g/mol. The summed E-state index contributed by atoms with van der Waals surface area (Å²) in [4.78, 5) is 11.4. The predicted molar refractivity (Wildman–Crippen MR) is 84.8 cm³/mol. The number of carbonyl (C=O) groups excluding carboxylic acids is 1. The summed E-state index contributed by atoms with van der Waals surface area (Å²) in [5.41, 5.74) is 1.50. The smallest absolute Gasteiger partial charge is 0.337 e. The van der Waals surface area contributed by atoms with Crippen molar-refractivity contribution in [2.75, 3.05) is 11.8 Å². The van der Waals surface area contributed by atoms with Gasteiger partial charge < -0.3 is 4.74 Å². The Kier molecular flexibility index (Phi) is 4.73. The number of hydrogen-bond donors (Lipinski definition) is 1. The zero-order valence-corrected chi connectivity index (χ0v) is 13.5. The van der Waals surface area contributed by atoms with Crippen molar-refractivity contribution in [3.05, 3.63) is 58.6 Å². The van der Waals surface area contributed by atoms with E-state index >= 15 is 0 Å². The monoisotopic (exact) mass is 339 g/mol. The Morgan fingerprint density at radius 2 is 1.77 bits per heavy atom. The molecule has 0 heterocycles. The van der Waals surface area contributed by atoms with E-state index in [0.717, 1.165) is 5.56 Å². The number of rotatable bonds is 4. The number of sulfonamides is 1. The molecule has 5 nitrogen and oxygen atoms in total. The van der Waals surface area contributed by atoms with Crippen LogP contribution in [0.4, 0.5) is 5.69 Å². The van der Waals surface area contributed by atoms with Gasteiger partial charge in [-0.1, -0.05) is 17.7 Å². The normalized spacial score (nSPS) is 11.0. The molecule has 2 rings (SSSR count). The Morgan fingerprint density at radius 1 is 1.14 bits per heavy atom. The number of hydrogen-bond acceptors (Lipinski definition) is 4. The van der Waals surface area contributed by atoms with Crippen LogP contribution in [0.1, 0.15) is 15.9 Å². The lowest BCUT2D eigenvalue weighted by Gasteiger charge is -2.09. The molecule has 0 bridgehead atoms. The second-order valence-corrected chi connectivity index (χ2v) is 6.68. The van der Waals surface area contributed by atoms with Crippen molar-refractivity contribution in [2.24, 2.45) is 0 Å². The van der Waals surface area contributed by atoms with Crippen LogP contribution in [0.5, 0.6) is 0 Å². The van der Waals surface area contributed by atoms with Gasteiger partial charge in [-0.25, -0.2) is 13.2 Å². The van der Waals surface area contributed by atoms with Crippen LogP contribution in [0.25, 0.3) is 0 Å². The van der Waals surface area contributed by atoms with Crippen molar-refractivity contribution >= 4 is 33.3 Å². The SMILES string of the molecule is COC(=O)c1ccc(S(=O)(=O)Nc2ccc(C)c(Cl)c2)cc1. The lowest BCUT2D eigenvalue weighted by molar-refractivity contribution is 0.0600. The molecule has 0 aliphatic carbocycles. The molecule has 0 fully saturated rings. The quantitative estimate of drug-likeness (QED) is 0.868. The summed E-state index contributed by atoms with van der Waals surface area (Å²) in [7, 11) is -2.49. The first-order chi connectivity index (χ1) is 10.3. The summed E-state index contributed by atoms with van der Waals surface area (Å²) in [6.07, 6.45) is 0. The molecular formula is C15H14ClNO4S. The molecule has 2 aromatic rings. The van der Waals surface area contributed by atoms with Crippen molar-refractivity contribution in [3.63, 3.8) is 0 Å². The van der Waals surface area contributed by atoms with Crippen LogP contribution in [0.3, 0.4) is 0 Å². The standard InChI is InChI=1S/C15H14ClNO4S/c1-10-3-6-12(9-14(10)16)17-22(19,20)13-7-4-11(5-8-13)15(18)21-2/h3-9,17H,1-2H3. The number of carbonyl (C=O) groups is 1. The maximum absolute atomic E-state index is 12.3. The molecule has 116 valence electrons. The molecule has 0 radical (unpaired) electrons. The van der Waals surface area contributed by atoms with E-state index in [4.69, 9.17) is 11.6 Å². The molecule has 0 saturated carbocycles. The molecule has 7 heteroatoms. The van der Waals surface area contributed by atoms with Gasteiger partial charge in [0.05, 0.1) is 23.3 Å². The molecule has 0 aliphatic rings. The molecule has 0 saturated heterocycles. The maximum atomic E-state index is 12.3. The van der Waals surface area contributed by atoms with Gasteiger partial charge in [0.15, 0.2) is 0 Å². The highest BCUT2D eigenvalue weighted by molar-refractivity contribution is 7.92. The van der Waals surface area contributed by atoms with E-state index in [1.807, 2.05) is 6.92 Å². The fraction of sp³-hybridized carbons (Fsp3) is 0.133. The number of aryl methyl sites for hydroxylation is 1. The molecule has 0 atom stereocenters. The van der Waals surface area contributed by atoms with Gasteiger partial charge in [-0.2, -0.15) is 0 Å². The molecule has 0 aliphatic heterocycles. The van der Waals surface area contributed by atoms with Gasteiger partial charge in [-0.15, -0.1) is 0 Å². The zero-order valence-electron chi connectivity index (χ0n) is 12.0. The Labute approximate surface area is 133 Å². The van der Waals surface area contributed by atoms with E-state index < -0.39 is 16.0 Å². The maximum Gasteiger partial charge on any atom is 0.337 e. The predicted octanol–water partition coefficient (Wildman–Crippen LogP) is 3.24. The third kappa shape index (κ3) is 3.58. The van der Waals surface area contributed by atoms with E-state index in [1.165, 1.54) is 37.4 Å². The van der Waals surface area contributed by atoms with Crippen LogP contribution in [0, 0.1) is 6.92 Å². The van der Waals surface area contributed by atoms with Gasteiger partial charge >= 0.3 is 5.97 Å². The minimum absolute atomic E-state index is 0.0388. The summed E-state index contributed by atoms with van der Waals surface area (Å²) < 4.78 is 31.6. The number of methoxy groups -OCH3 is 1. The minimum atomic E-state index is -3.75. The number of esters is 1. The average Bonchev–Trinajstić information content (AvgIpc) is 2.50. The van der Waals surface area contributed by atoms with Crippen LogP contribution >= 0.6 is 11.6 Å². The third-order valence-corrected chi connectivity index (χ3v) is 4.81. The van der Waals surface area contributed by atoms with Gasteiger partial charge in [0, 0.05) is 5.02 Å². The Hall–Kier alpha value is -2.05. The van der Waals surface area contributed by atoms with Crippen molar-refractivity contribution in [1.29, 1.82) is 0 Å². The van der Waals surface area contributed by atoms with E-state index in [0.29, 0.717) is 10.7 Å². The van der Waals surface area contributed by atoms with Crippen LogP contribution in [0.2, 0.25) is 5.02 Å². The highest BCUT2D eigenvalue weighted by Gasteiger charge is 2.15. The number of ether oxygens (including phenoxy) is 1. The number of nitrogens with one attached hydrogen (secondary N) is 1. The lowest BCUT2D eigenvalue weighted by Crippen LogP contribution is -2.13. The minimum Gasteiger partial charge on any atom is -0.465 e. The van der Waals surface area contributed by atoms with Gasteiger partial charge in [0.2, 0.25) is 0 Å². The first-order valence-corrected chi connectivity index (χ1v) is 8.17. The summed E-state index contributed by atoms with van der Waals surface area (Å²) in [6, 6.07) is 10.3. The van der Waals surface area contributed by atoms with Crippen LogP contribution in [0.15, 0.2) is 47.4 Å². The summed E-state index contributed by atoms with van der Waals surface area (Å²) in [5.74, 6) is -0.526. The highest BCUT2D eigenvalue weighted by Crippen LogP contribution is 2.22. The molecule has 0 spiro atoms. The Balaban J connectivity index is 2.26. The van der Waals surface area contributed by atoms with Crippen molar-refractivity contribution in [2.45, 2.75) is 11.8 Å². The fourth-order valence-corrected chi connectivity index (χ4v) is 2.99. The fourth-order valence-electron chi connectivity index (χ4n) is 1.76. The first kappa shape index (κ1) is 16.3. The van der Waals surface area contributed by atoms with Crippen LogP contribution in [-0.2, 0) is 14.8 Å². The van der Waals surface area contributed by atoms with E-state index in [2.05, 4.69) is 9.46 Å². The topological polar surface area (TPSA) is 72.5 Å². The first-order valence-electron chi connectivity index (χ1n) is 6.31. The molecule has 1 N–H and O–H groups in total. The summed E-state index contributed by atoms with van der Waals surface area (Å²) in [6.45, 7) is 1.83. The van der Waals surface area contributed by atoms with Crippen molar-refractivity contribution < 1.29 is 17.9 Å². The second kappa shape index (κ2) is 6.37. The largest absolute Gasteiger partial charge is 0.465 e. The summed E-state index contributed by atoms with van der Waals surface area (Å²) in [5, 5.41) is 0.473. The van der Waals surface area contributed by atoms with Crippen molar-refractivity contribution in [1.82, 2.24) is 0 Å². The van der Waals surface area contributed by atoms with Crippen molar-refractivity contribution in [3.8, 4) is 0 Å². The van der Waals surface area contributed by atoms with Gasteiger partial charge in [-0.3, -0.25) is 4.72 Å². The van der Waals surface area contributed by atoms with E-state index in [-0.39, 0.29) is 10.5 Å². The Bertz CT molecular complexity index is 801. The van der Waals surface area contributed by atoms with Gasteiger partial charge in [0.25, 0.3) is 10.0 Å². The highest BCUT2D eigenvalue weighted by atomic mass is 35.5. The molecule has 0 amide bonds. The molecular weight excluding hydrogens is 326 g/mol. The van der Waals surface area contributed by atoms with E-state index in [9.17, 15) is 13.2 Å². The van der Waals surface area contributed by atoms with Crippen LogP contribution in [-0.4, -0.2) is 21.5 Å². The molecule has 0 aromatic heterocycles.